The summed E-state index contributed by atoms with van der Waals surface area (Å²) in [6.45, 7) is 14.9. The number of aromatic nitrogens is 7. The van der Waals surface area contributed by atoms with Crippen molar-refractivity contribution >= 4 is 75.6 Å². The van der Waals surface area contributed by atoms with Crippen LogP contribution >= 0.6 is 22.7 Å². The van der Waals surface area contributed by atoms with E-state index in [1.807, 2.05) is 56.3 Å². The van der Waals surface area contributed by atoms with Gasteiger partial charge in [0.25, 0.3) is 0 Å². The maximum absolute atomic E-state index is 15.7. The van der Waals surface area contributed by atoms with E-state index in [0.717, 1.165) is 96.8 Å². The Labute approximate surface area is 357 Å². The van der Waals surface area contributed by atoms with Crippen LogP contribution in [0.15, 0.2) is 61.1 Å². The summed E-state index contributed by atoms with van der Waals surface area (Å²) < 4.78 is 20.9. The van der Waals surface area contributed by atoms with Gasteiger partial charge in [-0.15, -0.1) is 11.3 Å². The lowest BCUT2D eigenvalue weighted by Crippen LogP contribution is -2.61. The minimum absolute atomic E-state index is 0.0279. The third kappa shape index (κ3) is 7.66. The van der Waals surface area contributed by atoms with Crippen LogP contribution in [0, 0.1) is 19.7 Å². The number of piperidine rings is 1. The number of anilines is 1. The van der Waals surface area contributed by atoms with E-state index >= 15 is 4.39 Å². The van der Waals surface area contributed by atoms with E-state index in [0.29, 0.717) is 27.5 Å². The molecule has 2 aliphatic heterocycles. The number of pyridine rings is 1. The molecular formula is C46H51FN10OS2. The SMILES string of the molecule is Cc1cc(-c2cc(O)c3nc(C4=CCNCC4)sc3c2)cc2cn(C)nc12.Cc1cc(-c2ncc3nc(N(C)C4CC(C)(C)NC(C)(C)C4)sc3c2F)cc2cn(C)nc12. The molecule has 0 saturated carbocycles. The molecule has 2 aliphatic rings. The Bertz CT molecular complexity index is 2970. The number of hydrogen-bond acceptors (Lipinski definition) is 11. The lowest BCUT2D eigenvalue weighted by Gasteiger charge is -2.48. The summed E-state index contributed by atoms with van der Waals surface area (Å²) in [5.41, 5.74) is 9.91. The van der Waals surface area contributed by atoms with Crippen molar-refractivity contribution in [3.05, 3.63) is 83.0 Å². The molecule has 14 heteroatoms. The summed E-state index contributed by atoms with van der Waals surface area (Å²) in [5.74, 6) is -0.0678. The number of fused-ring (bicyclic) bond motifs is 4. The summed E-state index contributed by atoms with van der Waals surface area (Å²) in [4.78, 5) is 16.2. The zero-order valence-corrected chi connectivity index (χ0v) is 37.2. The van der Waals surface area contributed by atoms with Gasteiger partial charge < -0.3 is 20.6 Å². The number of benzene rings is 3. The van der Waals surface area contributed by atoms with Gasteiger partial charge in [-0.05, 0) is 132 Å². The van der Waals surface area contributed by atoms with Gasteiger partial charge in [0.05, 0.1) is 26.6 Å². The second kappa shape index (κ2) is 15.0. The summed E-state index contributed by atoms with van der Waals surface area (Å²) in [6.07, 6.45) is 10.8. The predicted molar refractivity (Wildman–Crippen MR) is 246 cm³/mol. The molecule has 11 nitrogen and oxygen atoms in total. The molecule has 1 fully saturated rings. The zero-order valence-electron chi connectivity index (χ0n) is 35.6. The standard InChI is InChI=1S/C25H31FN6S.C21H20N4OS/c1-14-8-15(9-16-13-31(6)29-20(14)16)21-19(26)22-18(12-27-21)28-23(33-22)32(7)17-10-24(2,3)30-25(4,5)11-17;1-12-7-14(8-16-11-25(2)24-19(12)16)15-9-17(26)20-18(10-15)27-21(23-20)13-3-5-22-6-4-13/h8-9,12-13,17,30H,10-11H2,1-7H3;3,7-11,22,26H,4-6H2,1-2H3. The Kier molecular flexibility index (Phi) is 10.0. The first-order valence-electron chi connectivity index (χ1n) is 20.4. The highest BCUT2D eigenvalue weighted by molar-refractivity contribution is 7.22. The molecule has 3 aromatic carbocycles. The van der Waals surface area contributed by atoms with Crippen LogP contribution in [0.5, 0.6) is 5.75 Å². The van der Waals surface area contributed by atoms with Gasteiger partial charge in [0, 0.05) is 73.5 Å². The molecule has 310 valence electrons. The second-order valence-electron chi connectivity index (χ2n) is 17.8. The Morgan fingerprint density at radius 2 is 1.47 bits per heavy atom. The normalized spacial score (nSPS) is 16.7. The Balaban J connectivity index is 0.000000157. The lowest BCUT2D eigenvalue weighted by molar-refractivity contribution is 0.161. The predicted octanol–water partition coefficient (Wildman–Crippen LogP) is 9.68. The number of halogens is 1. The van der Waals surface area contributed by atoms with Crippen molar-refractivity contribution in [2.24, 2.45) is 14.1 Å². The molecule has 0 bridgehead atoms. The van der Waals surface area contributed by atoms with Crippen molar-refractivity contribution < 1.29 is 9.50 Å². The van der Waals surface area contributed by atoms with Crippen molar-refractivity contribution in [3.63, 3.8) is 0 Å². The molecule has 3 N–H and O–H groups in total. The molecule has 7 heterocycles. The van der Waals surface area contributed by atoms with Crippen LogP contribution in [-0.2, 0) is 14.1 Å². The van der Waals surface area contributed by atoms with Gasteiger partial charge in [-0.25, -0.2) is 14.4 Å². The fraction of sp³-hybridized carbons (Fsp3) is 0.370. The average Bonchev–Trinajstić information content (AvgIpc) is 3.99. The number of rotatable bonds is 5. The quantitative estimate of drug-likeness (QED) is 0.156. The zero-order chi connectivity index (χ0) is 42.2. The number of aromatic hydroxyl groups is 1. The summed E-state index contributed by atoms with van der Waals surface area (Å²) in [7, 11) is 5.90. The van der Waals surface area contributed by atoms with Crippen LogP contribution in [0.25, 0.3) is 70.2 Å². The largest absolute Gasteiger partial charge is 0.506 e. The van der Waals surface area contributed by atoms with E-state index in [-0.39, 0.29) is 22.6 Å². The van der Waals surface area contributed by atoms with Crippen LogP contribution in [-0.4, -0.2) is 76.9 Å². The maximum Gasteiger partial charge on any atom is 0.186 e. The smallest absolute Gasteiger partial charge is 0.186 e. The van der Waals surface area contributed by atoms with Crippen LogP contribution in [0.1, 0.15) is 63.1 Å². The molecule has 0 aliphatic carbocycles. The average molecular weight is 843 g/mol. The topological polar surface area (TPSA) is 122 Å². The highest BCUT2D eigenvalue weighted by Gasteiger charge is 2.40. The van der Waals surface area contributed by atoms with Gasteiger partial charge in [0.1, 0.15) is 27.5 Å². The molecule has 8 aromatic rings. The van der Waals surface area contributed by atoms with E-state index in [1.54, 1.807) is 22.2 Å². The molecular weight excluding hydrogens is 792 g/mol. The first-order chi connectivity index (χ1) is 28.5. The number of phenolic OH excluding ortho intramolecular Hbond substituents is 1. The number of thiazole rings is 2. The van der Waals surface area contributed by atoms with E-state index < -0.39 is 0 Å². The Morgan fingerprint density at radius 3 is 2.12 bits per heavy atom. The summed E-state index contributed by atoms with van der Waals surface area (Å²) >= 11 is 3.06. The van der Waals surface area contributed by atoms with Crippen LogP contribution in [0.2, 0.25) is 0 Å². The van der Waals surface area contributed by atoms with Gasteiger partial charge in [-0.2, -0.15) is 10.2 Å². The maximum atomic E-state index is 15.7. The fourth-order valence-corrected chi connectivity index (χ4v) is 11.3. The number of hydrogen-bond donors (Lipinski definition) is 3. The lowest BCUT2D eigenvalue weighted by atomic mass is 9.79. The monoisotopic (exact) mass is 842 g/mol. The van der Waals surface area contributed by atoms with Gasteiger partial charge in [0.15, 0.2) is 10.9 Å². The van der Waals surface area contributed by atoms with E-state index in [2.05, 4.69) is 96.7 Å². The molecule has 0 amide bonds. The van der Waals surface area contributed by atoms with Gasteiger partial charge in [0.2, 0.25) is 0 Å². The van der Waals surface area contributed by atoms with E-state index in [9.17, 15) is 5.11 Å². The minimum Gasteiger partial charge on any atom is -0.506 e. The molecule has 5 aromatic heterocycles. The second-order valence-corrected chi connectivity index (χ2v) is 19.8. The highest BCUT2D eigenvalue weighted by Crippen LogP contribution is 2.40. The molecule has 1 saturated heterocycles. The first kappa shape index (κ1) is 40.1. The van der Waals surface area contributed by atoms with E-state index in [1.165, 1.54) is 16.9 Å². The molecule has 10 rings (SSSR count). The van der Waals surface area contributed by atoms with Crippen LogP contribution in [0.3, 0.4) is 0 Å². The fourth-order valence-electron chi connectivity index (χ4n) is 9.20. The van der Waals surface area contributed by atoms with Crippen molar-refractivity contribution in [3.8, 4) is 28.1 Å². The number of phenols is 1. The Morgan fingerprint density at radius 1 is 0.833 bits per heavy atom. The summed E-state index contributed by atoms with van der Waals surface area (Å²) in [5, 5.41) is 30.6. The summed E-state index contributed by atoms with van der Waals surface area (Å²) in [6, 6.07) is 12.5. The third-order valence-electron chi connectivity index (χ3n) is 11.6. The van der Waals surface area contributed by atoms with Crippen LogP contribution < -0.4 is 15.5 Å². The molecule has 0 atom stereocenters. The number of aryl methyl sites for hydroxylation is 4. The number of nitrogens with one attached hydrogen (secondary N) is 2. The highest BCUT2D eigenvalue weighted by atomic mass is 32.1. The van der Waals surface area contributed by atoms with Crippen molar-refractivity contribution in [2.45, 2.75) is 77.9 Å². The molecule has 0 unspecified atom stereocenters. The molecule has 0 radical (unpaired) electrons. The molecule has 0 spiro atoms. The number of nitrogens with zero attached hydrogens (tertiary/aromatic N) is 8. The van der Waals surface area contributed by atoms with Gasteiger partial charge in [-0.3, -0.25) is 14.3 Å². The van der Waals surface area contributed by atoms with Crippen molar-refractivity contribution in [2.75, 3.05) is 25.0 Å². The van der Waals surface area contributed by atoms with Gasteiger partial charge in [-0.1, -0.05) is 17.4 Å². The minimum atomic E-state index is -0.307. The Hall–Kier alpha value is -5.28. The third-order valence-corrected chi connectivity index (χ3v) is 13.9. The van der Waals surface area contributed by atoms with E-state index in [4.69, 9.17) is 9.97 Å². The van der Waals surface area contributed by atoms with Crippen molar-refractivity contribution in [1.82, 2.24) is 45.1 Å². The first-order valence-corrected chi connectivity index (χ1v) is 22.0. The molecule has 60 heavy (non-hydrogen) atoms. The van der Waals surface area contributed by atoms with Crippen molar-refractivity contribution in [1.29, 1.82) is 0 Å². The van der Waals surface area contributed by atoms with Gasteiger partial charge >= 0.3 is 0 Å². The van der Waals surface area contributed by atoms with Crippen LogP contribution in [0.4, 0.5) is 9.52 Å².